The molecule has 0 saturated heterocycles. The van der Waals surface area contributed by atoms with Crippen molar-refractivity contribution in [2.24, 2.45) is 0 Å². The summed E-state index contributed by atoms with van der Waals surface area (Å²) < 4.78 is 5.64. The molecule has 1 rings (SSSR count). The van der Waals surface area contributed by atoms with Gasteiger partial charge in [-0.25, -0.2) is 0 Å². The van der Waals surface area contributed by atoms with Crippen LogP contribution in [-0.4, -0.2) is 35.2 Å². The summed E-state index contributed by atoms with van der Waals surface area (Å²) in [5.74, 6) is 0.0452. The van der Waals surface area contributed by atoms with Crippen molar-refractivity contribution < 1.29 is 14.6 Å². The molecule has 0 aliphatic heterocycles. The fraction of sp³-hybridized carbons (Fsp3) is 0.533. The van der Waals surface area contributed by atoms with Crippen LogP contribution in [0.2, 0.25) is 0 Å². The maximum absolute atomic E-state index is 11.1. The minimum Gasteiger partial charge on any atom is -0.491 e. The monoisotopic (exact) mass is 265 g/mol. The normalized spacial score (nSPS) is 12.7. The Hall–Kier alpha value is -1.55. The first kappa shape index (κ1) is 15.5. The number of nitrogens with zero attached hydrogens (tertiary/aromatic N) is 1. The highest BCUT2D eigenvalue weighted by Gasteiger charge is 2.20. The molecule has 1 unspecified atom stereocenters. The van der Waals surface area contributed by atoms with Crippen molar-refractivity contribution in [2.45, 2.75) is 45.9 Å². The third-order valence-corrected chi connectivity index (χ3v) is 2.91. The number of carbonyl (C=O) groups is 1. The number of hydrogen-bond acceptors (Lipinski definition) is 3. The Morgan fingerprint density at radius 2 is 2.11 bits per heavy atom. The molecule has 106 valence electrons. The second-order valence-electron chi connectivity index (χ2n) is 4.99. The number of benzene rings is 1. The topological polar surface area (TPSA) is 49.8 Å². The van der Waals surface area contributed by atoms with E-state index >= 15 is 0 Å². The lowest BCUT2D eigenvalue weighted by atomic mass is 10.1. The van der Waals surface area contributed by atoms with Crippen LogP contribution >= 0.6 is 0 Å². The molecule has 4 heteroatoms. The van der Waals surface area contributed by atoms with E-state index in [0.717, 1.165) is 11.3 Å². The molecule has 0 saturated carbocycles. The largest absolute Gasteiger partial charge is 0.491 e. The minimum absolute atomic E-state index is 0.135. The molecular formula is C15H23NO3. The summed E-state index contributed by atoms with van der Waals surface area (Å²) in [5, 5.41) is 9.13. The van der Waals surface area contributed by atoms with E-state index in [1.165, 1.54) is 0 Å². The van der Waals surface area contributed by atoms with Gasteiger partial charge in [0.15, 0.2) is 0 Å². The molecule has 0 aromatic heterocycles. The fourth-order valence-corrected chi connectivity index (χ4v) is 2.06. The van der Waals surface area contributed by atoms with E-state index in [-0.39, 0.29) is 6.10 Å². The predicted molar refractivity (Wildman–Crippen MR) is 75.4 cm³/mol. The van der Waals surface area contributed by atoms with Crippen molar-refractivity contribution in [1.82, 2.24) is 4.90 Å². The van der Waals surface area contributed by atoms with E-state index in [0.29, 0.717) is 13.0 Å². The average Bonchev–Trinajstić information content (AvgIpc) is 2.28. The molecule has 4 nitrogen and oxygen atoms in total. The first-order valence-corrected chi connectivity index (χ1v) is 6.62. The molecular weight excluding hydrogens is 242 g/mol. The molecule has 0 bridgehead atoms. The predicted octanol–water partition coefficient (Wildman–Crippen LogP) is 2.77. The Kier molecular flexibility index (Phi) is 5.83. The Labute approximate surface area is 115 Å². The van der Waals surface area contributed by atoms with Crippen molar-refractivity contribution in [2.75, 3.05) is 7.05 Å². The number of likely N-dealkylation sites (N-methyl/N-ethyl adjacent to an activating group) is 1. The van der Waals surface area contributed by atoms with Gasteiger partial charge < -0.3 is 9.84 Å². The van der Waals surface area contributed by atoms with Crippen LogP contribution in [0, 0.1) is 0 Å². The van der Waals surface area contributed by atoms with Gasteiger partial charge in [0, 0.05) is 6.54 Å². The Morgan fingerprint density at radius 3 is 2.63 bits per heavy atom. The van der Waals surface area contributed by atoms with Gasteiger partial charge in [-0.1, -0.05) is 19.1 Å². The highest BCUT2D eigenvalue weighted by molar-refractivity contribution is 5.73. The van der Waals surface area contributed by atoms with E-state index in [1.54, 1.807) is 0 Å². The van der Waals surface area contributed by atoms with Crippen molar-refractivity contribution in [3.8, 4) is 5.75 Å². The van der Waals surface area contributed by atoms with Gasteiger partial charge >= 0.3 is 5.97 Å². The second kappa shape index (κ2) is 7.14. The summed E-state index contributed by atoms with van der Waals surface area (Å²) in [6.45, 7) is 6.44. The van der Waals surface area contributed by atoms with Crippen LogP contribution in [0.4, 0.5) is 0 Å². The van der Waals surface area contributed by atoms with Crippen molar-refractivity contribution >= 4 is 5.97 Å². The van der Waals surface area contributed by atoms with Crippen molar-refractivity contribution in [1.29, 1.82) is 0 Å². The van der Waals surface area contributed by atoms with Gasteiger partial charge in [-0.2, -0.15) is 0 Å². The van der Waals surface area contributed by atoms with Gasteiger partial charge in [-0.15, -0.1) is 0 Å². The van der Waals surface area contributed by atoms with E-state index in [1.807, 2.05) is 57.0 Å². The van der Waals surface area contributed by atoms with Crippen LogP contribution in [0.15, 0.2) is 24.3 Å². The summed E-state index contributed by atoms with van der Waals surface area (Å²) >= 11 is 0. The number of hydrogen-bond donors (Lipinski definition) is 1. The Morgan fingerprint density at radius 1 is 1.42 bits per heavy atom. The fourth-order valence-electron chi connectivity index (χ4n) is 2.06. The van der Waals surface area contributed by atoms with E-state index in [2.05, 4.69) is 0 Å². The standard InChI is InChI=1S/C15H23NO3/c1-5-14(15(17)18)16(4)10-12-7-6-8-13(9-12)19-11(2)3/h6-9,11,14H,5,10H2,1-4H3,(H,17,18). The third kappa shape index (κ3) is 4.91. The molecule has 0 aliphatic rings. The van der Waals surface area contributed by atoms with Crippen LogP contribution in [0.3, 0.4) is 0 Å². The van der Waals surface area contributed by atoms with E-state index in [9.17, 15) is 4.79 Å². The molecule has 1 aromatic carbocycles. The van der Waals surface area contributed by atoms with Crippen LogP contribution in [0.1, 0.15) is 32.8 Å². The third-order valence-electron chi connectivity index (χ3n) is 2.91. The maximum atomic E-state index is 11.1. The minimum atomic E-state index is -0.778. The lowest BCUT2D eigenvalue weighted by Crippen LogP contribution is -2.37. The average molecular weight is 265 g/mol. The van der Waals surface area contributed by atoms with Crippen LogP contribution in [-0.2, 0) is 11.3 Å². The van der Waals surface area contributed by atoms with Gasteiger partial charge in [0.25, 0.3) is 0 Å². The molecule has 0 heterocycles. The number of carboxylic acids is 1. The Balaban J connectivity index is 2.73. The summed E-state index contributed by atoms with van der Waals surface area (Å²) in [6.07, 6.45) is 0.726. The van der Waals surface area contributed by atoms with Crippen LogP contribution in [0.25, 0.3) is 0 Å². The molecule has 0 spiro atoms. The maximum Gasteiger partial charge on any atom is 0.320 e. The lowest BCUT2D eigenvalue weighted by Gasteiger charge is -2.23. The van der Waals surface area contributed by atoms with Gasteiger partial charge in [-0.3, -0.25) is 9.69 Å². The number of carboxylic acid groups (broad SMARTS) is 1. The number of ether oxygens (including phenoxy) is 1. The summed E-state index contributed by atoms with van der Waals surface area (Å²) in [4.78, 5) is 13.0. The highest BCUT2D eigenvalue weighted by Crippen LogP contribution is 2.17. The second-order valence-corrected chi connectivity index (χ2v) is 4.99. The zero-order valence-electron chi connectivity index (χ0n) is 12.1. The van der Waals surface area contributed by atoms with Gasteiger partial charge in [0.1, 0.15) is 11.8 Å². The van der Waals surface area contributed by atoms with Gasteiger partial charge in [0.05, 0.1) is 6.10 Å². The molecule has 1 N–H and O–H groups in total. The van der Waals surface area contributed by atoms with Crippen LogP contribution < -0.4 is 4.74 Å². The lowest BCUT2D eigenvalue weighted by molar-refractivity contribution is -0.143. The zero-order chi connectivity index (χ0) is 14.4. The summed E-state index contributed by atoms with van der Waals surface area (Å²) in [5.41, 5.74) is 1.06. The Bertz CT molecular complexity index is 418. The number of rotatable bonds is 7. The van der Waals surface area contributed by atoms with E-state index in [4.69, 9.17) is 9.84 Å². The zero-order valence-corrected chi connectivity index (χ0v) is 12.1. The number of aliphatic carboxylic acids is 1. The molecule has 1 atom stereocenters. The van der Waals surface area contributed by atoms with Crippen molar-refractivity contribution in [3.63, 3.8) is 0 Å². The first-order chi connectivity index (χ1) is 8.93. The molecule has 0 fully saturated rings. The molecule has 19 heavy (non-hydrogen) atoms. The molecule has 1 aromatic rings. The summed E-state index contributed by atoms with van der Waals surface area (Å²) in [6, 6.07) is 7.35. The van der Waals surface area contributed by atoms with Gasteiger partial charge in [0.2, 0.25) is 0 Å². The van der Waals surface area contributed by atoms with Gasteiger partial charge in [-0.05, 0) is 45.0 Å². The van der Waals surface area contributed by atoms with E-state index < -0.39 is 12.0 Å². The quantitative estimate of drug-likeness (QED) is 0.823. The summed E-state index contributed by atoms with van der Waals surface area (Å²) in [7, 11) is 1.83. The van der Waals surface area contributed by atoms with Crippen LogP contribution in [0.5, 0.6) is 5.75 Å². The first-order valence-electron chi connectivity index (χ1n) is 6.62. The SMILES string of the molecule is CCC(C(=O)O)N(C)Cc1cccc(OC(C)C)c1. The highest BCUT2D eigenvalue weighted by atomic mass is 16.5. The molecule has 0 amide bonds. The smallest absolute Gasteiger partial charge is 0.320 e. The molecule has 0 aliphatic carbocycles. The van der Waals surface area contributed by atoms with Crippen molar-refractivity contribution in [3.05, 3.63) is 29.8 Å². The molecule has 0 radical (unpaired) electrons.